The Morgan fingerprint density at radius 1 is 1.35 bits per heavy atom. The van der Waals surface area contributed by atoms with Gasteiger partial charge in [-0.25, -0.2) is 0 Å². The van der Waals surface area contributed by atoms with Crippen molar-refractivity contribution in [2.75, 3.05) is 0 Å². The van der Waals surface area contributed by atoms with Gasteiger partial charge in [0.15, 0.2) is 11.6 Å². The van der Waals surface area contributed by atoms with Crippen LogP contribution in [0.25, 0.3) is 0 Å². The Hall–Kier alpha value is -1.44. The largest absolute Gasteiger partial charge is 0.294 e. The molecule has 1 aromatic carbocycles. The van der Waals surface area contributed by atoms with Crippen molar-refractivity contribution in [1.82, 2.24) is 0 Å². The minimum absolute atomic E-state index is 0.000129. The highest BCUT2D eigenvalue weighted by Gasteiger charge is 2.29. The van der Waals surface area contributed by atoms with Crippen LogP contribution in [0.3, 0.4) is 0 Å². The van der Waals surface area contributed by atoms with E-state index in [1.165, 1.54) is 0 Å². The lowest BCUT2D eigenvalue weighted by Crippen LogP contribution is -2.09. The molecule has 0 saturated carbocycles. The quantitative estimate of drug-likeness (QED) is 0.728. The number of aryl methyl sites for hydroxylation is 1. The van der Waals surface area contributed by atoms with Crippen LogP contribution >= 0.6 is 0 Å². The molecule has 0 heterocycles. The summed E-state index contributed by atoms with van der Waals surface area (Å²) in [5.41, 5.74) is 3.59. The Labute approximate surface area is 102 Å². The molecule has 0 radical (unpaired) electrons. The first-order valence-electron chi connectivity index (χ1n) is 6.13. The number of carbonyl (C=O) groups is 2. The van der Waals surface area contributed by atoms with Crippen LogP contribution in [-0.4, -0.2) is 11.6 Å². The SMILES string of the molecule is Cc1cc(C(=O)C(C)C)cc2c1C(=O)C[C@@H]2C. The lowest BCUT2D eigenvalue weighted by atomic mass is 9.92. The molecule has 0 unspecified atom stereocenters. The Kier molecular flexibility index (Phi) is 2.90. The minimum Gasteiger partial charge on any atom is -0.294 e. The first-order valence-corrected chi connectivity index (χ1v) is 6.13. The van der Waals surface area contributed by atoms with Crippen LogP contribution in [-0.2, 0) is 0 Å². The second-order valence-corrected chi connectivity index (χ2v) is 5.30. The second-order valence-electron chi connectivity index (χ2n) is 5.30. The van der Waals surface area contributed by atoms with Gasteiger partial charge in [-0.05, 0) is 36.1 Å². The van der Waals surface area contributed by atoms with Crippen molar-refractivity contribution in [2.45, 2.75) is 40.0 Å². The van der Waals surface area contributed by atoms with Gasteiger partial charge < -0.3 is 0 Å². The summed E-state index contributed by atoms with van der Waals surface area (Å²) in [4.78, 5) is 23.8. The Morgan fingerprint density at radius 3 is 2.59 bits per heavy atom. The van der Waals surface area contributed by atoms with Crippen LogP contribution in [0.2, 0.25) is 0 Å². The predicted molar refractivity (Wildman–Crippen MR) is 67.7 cm³/mol. The number of carbonyl (C=O) groups excluding carboxylic acids is 2. The van der Waals surface area contributed by atoms with Crippen molar-refractivity contribution in [3.8, 4) is 0 Å². The number of ketones is 2. The Bertz CT molecular complexity index is 498. The van der Waals surface area contributed by atoms with Crippen LogP contribution < -0.4 is 0 Å². The molecule has 0 bridgehead atoms. The maximum Gasteiger partial charge on any atom is 0.165 e. The van der Waals surface area contributed by atoms with Gasteiger partial charge in [-0.1, -0.05) is 20.8 Å². The molecule has 2 nitrogen and oxygen atoms in total. The van der Waals surface area contributed by atoms with Crippen molar-refractivity contribution in [3.05, 3.63) is 34.4 Å². The fourth-order valence-electron chi connectivity index (χ4n) is 2.55. The van der Waals surface area contributed by atoms with E-state index in [4.69, 9.17) is 0 Å². The van der Waals surface area contributed by atoms with Gasteiger partial charge in [0.2, 0.25) is 0 Å². The van der Waals surface area contributed by atoms with E-state index in [1.54, 1.807) is 0 Å². The first-order chi connectivity index (χ1) is 7.91. The molecule has 17 heavy (non-hydrogen) atoms. The standard InChI is InChI=1S/C15H18O2/c1-8(2)15(17)11-5-10(4)14-12(7-11)9(3)6-13(14)16/h5,7-9H,6H2,1-4H3/t9-/m0/s1. The van der Waals surface area contributed by atoms with Crippen molar-refractivity contribution in [2.24, 2.45) is 5.92 Å². The molecule has 0 N–H and O–H groups in total. The number of rotatable bonds is 2. The van der Waals surface area contributed by atoms with Gasteiger partial charge in [0, 0.05) is 23.5 Å². The highest BCUT2D eigenvalue weighted by molar-refractivity contribution is 6.05. The molecule has 0 spiro atoms. The third-order valence-corrected chi connectivity index (χ3v) is 3.48. The third-order valence-electron chi connectivity index (χ3n) is 3.48. The van der Waals surface area contributed by atoms with Crippen LogP contribution in [0.15, 0.2) is 12.1 Å². The van der Waals surface area contributed by atoms with Gasteiger partial charge in [-0.3, -0.25) is 9.59 Å². The number of hydrogen-bond donors (Lipinski definition) is 0. The van der Waals surface area contributed by atoms with E-state index in [0.29, 0.717) is 6.42 Å². The molecule has 0 amide bonds. The van der Waals surface area contributed by atoms with Gasteiger partial charge in [0.25, 0.3) is 0 Å². The van der Waals surface area contributed by atoms with Gasteiger partial charge in [-0.15, -0.1) is 0 Å². The Balaban J connectivity index is 2.56. The van der Waals surface area contributed by atoms with E-state index in [9.17, 15) is 9.59 Å². The van der Waals surface area contributed by atoms with Crippen molar-refractivity contribution < 1.29 is 9.59 Å². The van der Waals surface area contributed by atoms with E-state index < -0.39 is 0 Å². The van der Waals surface area contributed by atoms with Crippen molar-refractivity contribution in [1.29, 1.82) is 0 Å². The highest BCUT2D eigenvalue weighted by Crippen LogP contribution is 2.35. The van der Waals surface area contributed by atoms with Crippen LogP contribution in [0.5, 0.6) is 0 Å². The third kappa shape index (κ3) is 1.92. The topological polar surface area (TPSA) is 34.1 Å². The summed E-state index contributed by atoms with van der Waals surface area (Å²) in [6.45, 7) is 7.78. The summed E-state index contributed by atoms with van der Waals surface area (Å²) in [5.74, 6) is 0.618. The maximum absolute atomic E-state index is 12.0. The van der Waals surface area contributed by atoms with Crippen LogP contribution in [0.4, 0.5) is 0 Å². The van der Waals surface area contributed by atoms with E-state index >= 15 is 0 Å². The highest BCUT2D eigenvalue weighted by atomic mass is 16.1. The summed E-state index contributed by atoms with van der Waals surface area (Å²) < 4.78 is 0. The molecule has 1 aliphatic rings. The predicted octanol–water partition coefficient (Wildman–Crippen LogP) is 3.52. The Morgan fingerprint density at radius 2 is 2.00 bits per heavy atom. The molecular formula is C15H18O2. The zero-order valence-corrected chi connectivity index (χ0v) is 10.8. The normalized spacial score (nSPS) is 18.6. The van der Waals surface area contributed by atoms with E-state index in [0.717, 1.165) is 22.3 Å². The molecule has 1 aliphatic carbocycles. The number of hydrogen-bond acceptors (Lipinski definition) is 2. The maximum atomic E-state index is 12.0. The lowest BCUT2D eigenvalue weighted by molar-refractivity contribution is 0.0937. The number of Topliss-reactive ketones (excluding diaryl/α,β-unsaturated/α-hetero) is 2. The zero-order valence-electron chi connectivity index (χ0n) is 10.8. The monoisotopic (exact) mass is 230 g/mol. The minimum atomic E-state index is -0.000129. The zero-order chi connectivity index (χ0) is 12.7. The lowest BCUT2D eigenvalue weighted by Gasteiger charge is -2.11. The molecule has 2 heteroatoms. The van der Waals surface area contributed by atoms with Gasteiger partial charge in [-0.2, -0.15) is 0 Å². The molecule has 0 saturated heterocycles. The average Bonchev–Trinajstić information content (AvgIpc) is 2.53. The van der Waals surface area contributed by atoms with Gasteiger partial charge in [0.1, 0.15) is 0 Å². The summed E-state index contributed by atoms with van der Waals surface area (Å²) in [6.07, 6.45) is 0.579. The number of fused-ring (bicyclic) bond motifs is 1. The van der Waals surface area contributed by atoms with E-state index in [1.807, 2.05) is 39.8 Å². The van der Waals surface area contributed by atoms with Crippen LogP contribution in [0, 0.1) is 12.8 Å². The number of benzene rings is 1. The van der Waals surface area contributed by atoms with Crippen molar-refractivity contribution >= 4 is 11.6 Å². The molecule has 0 fully saturated rings. The van der Waals surface area contributed by atoms with Crippen molar-refractivity contribution in [3.63, 3.8) is 0 Å². The molecule has 0 aliphatic heterocycles. The average molecular weight is 230 g/mol. The second kappa shape index (κ2) is 4.10. The molecule has 0 aromatic heterocycles. The molecule has 1 atom stereocenters. The first kappa shape index (κ1) is 12.0. The summed E-state index contributed by atoms with van der Waals surface area (Å²) in [5, 5.41) is 0. The summed E-state index contributed by atoms with van der Waals surface area (Å²) >= 11 is 0. The summed E-state index contributed by atoms with van der Waals surface area (Å²) in [7, 11) is 0. The smallest absolute Gasteiger partial charge is 0.165 e. The molecule has 90 valence electrons. The molecule has 1 aromatic rings. The van der Waals surface area contributed by atoms with Crippen LogP contribution in [0.1, 0.15) is 65.0 Å². The van der Waals surface area contributed by atoms with E-state index in [2.05, 4.69) is 0 Å². The van der Waals surface area contributed by atoms with Gasteiger partial charge in [0.05, 0.1) is 0 Å². The van der Waals surface area contributed by atoms with Gasteiger partial charge >= 0.3 is 0 Å². The molecule has 2 rings (SSSR count). The van der Waals surface area contributed by atoms with E-state index in [-0.39, 0.29) is 23.4 Å². The fraction of sp³-hybridized carbons (Fsp3) is 0.467. The fourth-order valence-corrected chi connectivity index (χ4v) is 2.55. The summed E-state index contributed by atoms with van der Waals surface area (Å²) in [6, 6.07) is 3.78. The molecular weight excluding hydrogens is 212 g/mol.